The monoisotopic (exact) mass is 300 g/mol. The summed E-state index contributed by atoms with van der Waals surface area (Å²) in [5, 5.41) is 7.96. The molecular formula is C14H12N4O2S. The van der Waals surface area contributed by atoms with Crippen LogP contribution in [0.25, 0.3) is 10.8 Å². The van der Waals surface area contributed by atoms with Gasteiger partial charge in [-0.1, -0.05) is 24.3 Å². The lowest BCUT2D eigenvalue weighted by atomic mass is 10.1. The molecule has 7 heteroatoms. The van der Waals surface area contributed by atoms with Crippen LogP contribution in [0.2, 0.25) is 0 Å². The van der Waals surface area contributed by atoms with Gasteiger partial charge in [-0.2, -0.15) is 10.1 Å². The number of hydrogen-bond acceptors (Lipinski definition) is 4. The van der Waals surface area contributed by atoms with E-state index in [-0.39, 0.29) is 10.8 Å². The first-order valence-corrected chi connectivity index (χ1v) is 8.05. The van der Waals surface area contributed by atoms with Gasteiger partial charge in [0.1, 0.15) is 6.33 Å². The van der Waals surface area contributed by atoms with Crippen molar-refractivity contribution in [2.75, 3.05) is 4.72 Å². The molecule has 0 unspecified atom stereocenters. The van der Waals surface area contributed by atoms with Gasteiger partial charge in [0.05, 0.1) is 4.90 Å². The van der Waals surface area contributed by atoms with E-state index in [1.807, 2.05) is 18.2 Å². The molecule has 1 aliphatic rings. The average Bonchev–Trinajstić information content (AvgIpc) is 3.10. The lowest BCUT2D eigenvalue weighted by molar-refractivity contribution is 0.601. The molecular weight excluding hydrogens is 288 g/mol. The lowest BCUT2D eigenvalue weighted by Crippen LogP contribution is -2.14. The van der Waals surface area contributed by atoms with Crippen molar-refractivity contribution in [2.24, 2.45) is 0 Å². The third-order valence-corrected chi connectivity index (χ3v) is 5.17. The van der Waals surface area contributed by atoms with Gasteiger partial charge in [-0.05, 0) is 35.4 Å². The van der Waals surface area contributed by atoms with Crippen LogP contribution in [0, 0.1) is 0 Å². The van der Waals surface area contributed by atoms with E-state index in [0.717, 1.165) is 23.6 Å². The number of nitrogens with one attached hydrogen (secondary N) is 2. The molecule has 0 spiro atoms. The predicted molar refractivity (Wildman–Crippen MR) is 78.5 cm³/mol. The van der Waals surface area contributed by atoms with Crippen molar-refractivity contribution in [3.8, 4) is 0 Å². The molecule has 0 bridgehead atoms. The summed E-state index contributed by atoms with van der Waals surface area (Å²) in [7, 11) is -3.70. The van der Waals surface area contributed by atoms with Crippen LogP contribution >= 0.6 is 0 Å². The first-order valence-electron chi connectivity index (χ1n) is 6.57. The molecule has 0 aliphatic heterocycles. The van der Waals surface area contributed by atoms with Crippen LogP contribution in [0.4, 0.5) is 5.95 Å². The molecule has 106 valence electrons. The van der Waals surface area contributed by atoms with Crippen molar-refractivity contribution in [3.63, 3.8) is 0 Å². The molecule has 6 nitrogen and oxygen atoms in total. The number of sulfonamides is 1. The molecule has 0 atom stereocenters. The second kappa shape index (κ2) is 4.29. The maximum Gasteiger partial charge on any atom is 0.264 e. The van der Waals surface area contributed by atoms with Crippen LogP contribution in [-0.4, -0.2) is 23.6 Å². The van der Waals surface area contributed by atoms with Crippen LogP contribution in [0.1, 0.15) is 11.1 Å². The minimum absolute atomic E-state index is 0.109. The second-order valence-corrected chi connectivity index (χ2v) is 6.65. The van der Waals surface area contributed by atoms with Crippen molar-refractivity contribution in [3.05, 3.63) is 47.8 Å². The lowest BCUT2D eigenvalue weighted by Gasteiger charge is -2.10. The highest BCUT2D eigenvalue weighted by atomic mass is 32.2. The summed E-state index contributed by atoms with van der Waals surface area (Å²) in [4.78, 5) is 4.06. The third-order valence-electron chi connectivity index (χ3n) is 3.77. The Labute approximate surface area is 121 Å². The zero-order valence-corrected chi connectivity index (χ0v) is 11.8. The van der Waals surface area contributed by atoms with Gasteiger partial charge in [0.2, 0.25) is 5.95 Å². The van der Waals surface area contributed by atoms with Crippen LogP contribution in [0.3, 0.4) is 0 Å². The van der Waals surface area contributed by atoms with Crippen molar-refractivity contribution in [1.82, 2.24) is 15.2 Å². The van der Waals surface area contributed by atoms with E-state index in [1.165, 1.54) is 17.5 Å². The number of aromatic nitrogens is 3. The van der Waals surface area contributed by atoms with Gasteiger partial charge in [-0.15, -0.1) is 0 Å². The topological polar surface area (TPSA) is 87.7 Å². The van der Waals surface area contributed by atoms with E-state index in [4.69, 9.17) is 0 Å². The molecule has 21 heavy (non-hydrogen) atoms. The second-order valence-electron chi connectivity index (χ2n) is 5.00. The molecule has 4 rings (SSSR count). The standard InChI is InChI=1S/C14H12N4O2S/c19-21(20,18-14-15-8-16-17-14)12-7-6-10-5-4-9-2-1-3-11(12)13(9)10/h1-3,6-8H,4-5H2,(H2,15,16,17,18). The molecule has 2 aromatic carbocycles. The summed E-state index contributed by atoms with van der Waals surface area (Å²) in [5.74, 6) is 0.109. The number of H-pyrrole nitrogens is 1. The average molecular weight is 300 g/mol. The minimum atomic E-state index is -3.70. The summed E-state index contributed by atoms with van der Waals surface area (Å²) < 4.78 is 27.5. The van der Waals surface area contributed by atoms with Crippen molar-refractivity contribution < 1.29 is 8.42 Å². The molecule has 2 N–H and O–H groups in total. The molecule has 3 aromatic rings. The first kappa shape index (κ1) is 12.3. The Bertz CT molecular complexity index is 923. The zero-order chi connectivity index (χ0) is 14.4. The molecule has 0 fully saturated rings. The maximum absolute atomic E-state index is 12.6. The molecule has 1 aliphatic carbocycles. The molecule has 1 aromatic heterocycles. The van der Waals surface area contributed by atoms with Gasteiger partial charge in [0.15, 0.2) is 0 Å². The van der Waals surface area contributed by atoms with E-state index >= 15 is 0 Å². The fourth-order valence-electron chi connectivity index (χ4n) is 2.89. The molecule has 0 saturated heterocycles. The summed E-state index contributed by atoms with van der Waals surface area (Å²) in [6.07, 6.45) is 3.18. The van der Waals surface area contributed by atoms with Gasteiger partial charge in [0.25, 0.3) is 10.0 Å². The number of nitrogens with zero attached hydrogens (tertiary/aromatic N) is 2. The van der Waals surface area contributed by atoms with Crippen molar-refractivity contribution in [1.29, 1.82) is 0 Å². The van der Waals surface area contributed by atoms with E-state index in [9.17, 15) is 8.42 Å². The molecule has 0 saturated carbocycles. The summed E-state index contributed by atoms with van der Waals surface area (Å²) in [6.45, 7) is 0. The van der Waals surface area contributed by atoms with E-state index in [1.54, 1.807) is 6.07 Å². The fourth-order valence-corrected chi connectivity index (χ4v) is 4.06. The number of anilines is 1. The number of hydrogen-bond donors (Lipinski definition) is 2. The number of benzene rings is 2. The summed E-state index contributed by atoms with van der Waals surface area (Å²) >= 11 is 0. The first-order chi connectivity index (χ1) is 10.1. The number of aryl methyl sites for hydroxylation is 2. The van der Waals surface area contributed by atoms with Crippen molar-refractivity contribution in [2.45, 2.75) is 17.7 Å². The van der Waals surface area contributed by atoms with Gasteiger partial charge < -0.3 is 0 Å². The quantitative estimate of drug-likeness (QED) is 0.773. The Morgan fingerprint density at radius 1 is 1.10 bits per heavy atom. The van der Waals surface area contributed by atoms with Gasteiger partial charge in [0, 0.05) is 5.39 Å². The minimum Gasteiger partial charge on any atom is -0.248 e. The predicted octanol–water partition coefficient (Wildman–Crippen LogP) is 1.86. The summed E-state index contributed by atoms with van der Waals surface area (Å²) in [6, 6.07) is 9.36. The van der Waals surface area contributed by atoms with E-state index in [2.05, 4.69) is 26.0 Å². The highest BCUT2D eigenvalue weighted by Gasteiger charge is 2.23. The van der Waals surface area contributed by atoms with E-state index < -0.39 is 10.0 Å². The Hall–Kier alpha value is -2.41. The Morgan fingerprint density at radius 2 is 1.90 bits per heavy atom. The number of aromatic amines is 1. The van der Waals surface area contributed by atoms with Gasteiger partial charge >= 0.3 is 0 Å². The zero-order valence-electron chi connectivity index (χ0n) is 11.0. The Kier molecular flexibility index (Phi) is 2.52. The summed E-state index contributed by atoms with van der Waals surface area (Å²) in [5.41, 5.74) is 2.42. The molecule has 1 heterocycles. The third kappa shape index (κ3) is 1.89. The van der Waals surface area contributed by atoms with Gasteiger partial charge in [-0.3, -0.25) is 0 Å². The van der Waals surface area contributed by atoms with Gasteiger partial charge in [-0.25, -0.2) is 18.2 Å². The van der Waals surface area contributed by atoms with Crippen LogP contribution < -0.4 is 4.72 Å². The highest BCUT2D eigenvalue weighted by molar-refractivity contribution is 7.93. The normalized spacial score (nSPS) is 13.7. The fraction of sp³-hybridized carbons (Fsp3) is 0.143. The smallest absolute Gasteiger partial charge is 0.248 e. The SMILES string of the molecule is O=S(=O)(Nc1ncn[nH]1)c1ccc2c3c(cccc13)CC2. The Morgan fingerprint density at radius 3 is 2.67 bits per heavy atom. The Balaban J connectivity index is 1.92. The van der Waals surface area contributed by atoms with E-state index in [0.29, 0.717) is 0 Å². The highest BCUT2D eigenvalue weighted by Crippen LogP contribution is 2.34. The maximum atomic E-state index is 12.6. The van der Waals surface area contributed by atoms with Crippen LogP contribution in [-0.2, 0) is 22.9 Å². The number of rotatable bonds is 3. The molecule has 0 radical (unpaired) electrons. The molecule has 0 amide bonds. The van der Waals surface area contributed by atoms with Crippen LogP contribution in [0.5, 0.6) is 0 Å². The van der Waals surface area contributed by atoms with Crippen LogP contribution in [0.15, 0.2) is 41.6 Å². The van der Waals surface area contributed by atoms with Crippen molar-refractivity contribution >= 4 is 26.7 Å². The largest absolute Gasteiger partial charge is 0.264 e.